The molecule has 2 heterocycles. The lowest BCUT2D eigenvalue weighted by molar-refractivity contribution is -0.125. The maximum absolute atomic E-state index is 12.1. The molecule has 0 atom stereocenters. The monoisotopic (exact) mass is 381 g/mol. The second kappa shape index (κ2) is 8.12. The molecule has 0 saturated heterocycles. The predicted molar refractivity (Wildman–Crippen MR) is 107 cm³/mol. The van der Waals surface area contributed by atoms with E-state index in [1.807, 2.05) is 6.20 Å². The summed E-state index contributed by atoms with van der Waals surface area (Å²) in [7, 11) is 1.56. The van der Waals surface area contributed by atoms with Gasteiger partial charge in [0.15, 0.2) is 5.65 Å². The minimum Gasteiger partial charge on any atom is -0.358 e. The van der Waals surface area contributed by atoms with E-state index < -0.39 is 0 Å². The Bertz CT molecular complexity index is 924. The molecule has 2 aromatic heterocycles. The summed E-state index contributed by atoms with van der Waals surface area (Å²) in [6.07, 6.45) is 14.3. The van der Waals surface area contributed by atoms with Crippen LogP contribution in [0.2, 0.25) is 0 Å². The van der Waals surface area contributed by atoms with Crippen molar-refractivity contribution >= 4 is 23.0 Å². The van der Waals surface area contributed by atoms with E-state index in [4.69, 9.17) is 4.98 Å². The van der Waals surface area contributed by atoms with Crippen LogP contribution in [-0.2, 0) is 16.0 Å². The van der Waals surface area contributed by atoms with Gasteiger partial charge in [-0.3, -0.25) is 19.0 Å². The van der Waals surface area contributed by atoms with Crippen molar-refractivity contribution in [2.75, 3.05) is 13.6 Å². The zero-order valence-corrected chi connectivity index (χ0v) is 16.3. The van der Waals surface area contributed by atoms with Crippen LogP contribution in [0, 0.1) is 0 Å². The summed E-state index contributed by atoms with van der Waals surface area (Å²) in [6.45, 7) is 0.0169. The van der Waals surface area contributed by atoms with Crippen molar-refractivity contribution in [2.24, 2.45) is 0 Å². The van der Waals surface area contributed by atoms with Gasteiger partial charge in [-0.25, -0.2) is 4.98 Å². The second-order valence-corrected chi connectivity index (χ2v) is 7.67. The molecule has 2 amide bonds. The van der Waals surface area contributed by atoms with E-state index >= 15 is 0 Å². The van der Waals surface area contributed by atoms with Crippen LogP contribution in [0.3, 0.4) is 0 Å². The van der Waals surface area contributed by atoms with Crippen LogP contribution in [0.5, 0.6) is 0 Å². The van der Waals surface area contributed by atoms with E-state index in [2.05, 4.69) is 32.3 Å². The molecular formula is C21H27N5O2. The van der Waals surface area contributed by atoms with Crippen LogP contribution in [0.1, 0.15) is 67.9 Å². The molecule has 2 N–H and O–H groups in total. The Morgan fingerprint density at radius 2 is 2.04 bits per heavy atom. The summed E-state index contributed by atoms with van der Waals surface area (Å²) in [4.78, 5) is 32.8. The van der Waals surface area contributed by atoms with Crippen LogP contribution >= 0.6 is 0 Å². The smallest absolute Gasteiger partial charge is 0.239 e. The molecule has 0 aromatic carbocycles. The van der Waals surface area contributed by atoms with Gasteiger partial charge in [-0.2, -0.15) is 0 Å². The highest BCUT2D eigenvalue weighted by Gasteiger charge is 2.23. The second-order valence-electron chi connectivity index (χ2n) is 7.67. The number of amides is 2. The fraction of sp³-hybridized carbons (Fsp3) is 0.524. The lowest BCUT2D eigenvalue weighted by Gasteiger charge is -2.19. The molecule has 0 bridgehead atoms. The maximum Gasteiger partial charge on any atom is 0.239 e. The number of aromatic nitrogens is 3. The van der Waals surface area contributed by atoms with E-state index in [0.717, 1.165) is 29.0 Å². The number of imidazole rings is 1. The van der Waals surface area contributed by atoms with Crippen LogP contribution in [0.4, 0.5) is 0 Å². The topological polar surface area (TPSA) is 88.4 Å². The molecular weight excluding hydrogens is 354 g/mol. The summed E-state index contributed by atoms with van der Waals surface area (Å²) < 4.78 is 2.16. The van der Waals surface area contributed by atoms with Gasteiger partial charge in [0.1, 0.15) is 0 Å². The summed E-state index contributed by atoms with van der Waals surface area (Å²) in [5.74, 6) is 0.235. The highest BCUT2D eigenvalue weighted by molar-refractivity contribution is 5.85. The zero-order valence-electron chi connectivity index (χ0n) is 16.3. The molecule has 2 aliphatic rings. The van der Waals surface area contributed by atoms with E-state index in [0.29, 0.717) is 18.8 Å². The number of carbonyl (C=O) groups excluding carboxylic acids is 2. The SMILES string of the molecule is CNC(=O)CNC(=O)CCC1=CCc2ncc3nc(C4CCCCC4)cn3c21. The number of carbonyl (C=O) groups is 2. The number of rotatable bonds is 6. The largest absolute Gasteiger partial charge is 0.358 e. The van der Waals surface area contributed by atoms with Gasteiger partial charge in [-0.15, -0.1) is 0 Å². The summed E-state index contributed by atoms with van der Waals surface area (Å²) in [5, 5.41) is 5.15. The third-order valence-corrected chi connectivity index (χ3v) is 5.82. The molecule has 1 saturated carbocycles. The average Bonchev–Trinajstić information content (AvgIpc) is 3.34. The van der Waals surface area contributed by atoms with Gasteiger partial charge in [0, 0.05) is 32.0 Å². The first-order valence-corrected chi connectivity index (χ1v) is 10.2. The van der Waals surface area contributed by atoms with Crippen molar-refractivity contribution < 1.29 is 9.59 Å². The molecule has 7 heteroatoms. The number of allylic oxidation sites excluding steroid dienone is 2. The molecule has 7 nitrogen and oxygen atoms in total. The number of hydrogen-bond acceptors (Lipinski definition) is 4. The Hall–Kier alpha value is -2.70. The van der Waals surface area contributed by atoms with Gasteiger partial charge in [0.05, 0.1) is 29.8 Å². The Morgan fingerprint density at radius 3 is 2.82 bits per heavy atom. The summed E-state index contributed by atoms with van der Waals surface area (Å²) >= 11 is 0. The molecule has 28 heavy (non-hydrogen) atoms. The Morgan fingerprint density at radius 1 is 1.21 bits per heavy atom. The Kier molecular flexibility index (Phi) is 5.41. The lowest BCUT2D eigenvalue weighted by atomic mass is 9.87. The van der Waals surface area contributed by atoms with Gasteiger partial charge in [-0.05, 0) is 24.8 Å². The fourth-order valence-corrected chi connectivity index (χ4v) is 4.24. The molecule has 148 valence electrons. The van der Waals surface area contributed by atoms with Crippen LogP contribution < -0.4 is 10.6 Å². The third kappa shape index (κ3) is 3.79. The van der Waals surface area contributed by atoms with Gasteiger partial charge >= 0.3 is 0 Å². The van der Waals surface area contributed by atoms with Gasteiger partial charge < -0.3 is 10.6 Å². The first kappa shape index (κ1) is 18.7. The van der Waals surface area contributed by atoms with E-state index in [-0.39, 0.29) is 18.4 Å². The normalized spacial score (nSPS) is 16.7. The number of nitrogens with one attached hydrogen (secondary N) is 2. The van der Waals surface area contributed by atoms with Crippen LogP contribution in [-0.4, -0.2) is 39.8 Å². The summed E-state index contributed by atoms with van der Waals surface area (Å²) in [6, 6.07) is 0. The quantitative estimate of drug-likeness (QED) is 0.804. The highest BCUT2D eigenvalue weighted by atomic mass is 16.2. The number of nitrogens with zero attached hydrogens (tertiary/aromatic N) is 3. The van der Waals surface area contributed by atoms with Crippen molar-refractivity contribution in [1.82, 2.24) is 25.0 Å². The van der Waals surface area contributed by atoms with Crippen molar-refractivity contribution in [2.45, 2.75) is 57.3 Å². The maximum atomic E-state index is 12.1. The third-order valence-electron chi connectivity index (χ3n) is 5.82. The first-order chi connectivity index (χ1) is 13.7. The van der Waals surface area contributed by atoms with Crippen molar-refractivity contribution in [1.29, 1.82) is 0 Å². The molecule has 1 fully saturated rings. The molecule has 0 unspecified atom stereocenters. The number of fused-ring (bicyclic) bond motifs is 3. The highest BCUT2D eigenvalue weighted by Crippen LogP contribution is 2.34. The van der Waals surface area contributed by atoms with Crippen molar-refractivity contribution in [3.8, 4) is 0 Å². The number of likely N-dealkylation sites (N-methyl/N-ethyl adjacent to an activating group) is 1. The van der Waals surface area contributed by atoms with Gasteiger partial charge in [0.2, 0.25) is 11.8 Å². The molecule has 0 spiro atoms. The number of hydrogen-bond donors (Lipinski definition) is 2. The lowest BCUT2D eigenvalue weighted by Crippen LogP contribution is -2.35. The van der Waals surface area contributed by atoms with Crippen LogP contribution in [0.15, 0.2) is 18.5 Å². The van der Waals surface area contributed by atoms with Crippen molar-refractivity contribution in [3.63, 3.8) is 0 Å². The zero-order chi connectivity index (χ0) is 19.5. The minimum atomic E-state index is -0.196. The summed E-state index contributed by atoms with van der Waals surface area (Å²) in [5.41, 5.74) is 5.32. The Balaban J connectivity index is 1.49. The Labute approximate surface area is 164 Å². The van der Waals surface area contributed by atoms with E-state index in [1.165, 1.54) is 37.8 Å². The van der Waals surface area contributed by atoms with Crippen LogP contribution in [0.25, 0.3) is 11.2 Å². The molecule has 0 radical (unpaired) electrons. The van der Waals surface area contributed by atoms with Crippen molar-refractivity contribution in [3.05, 3.63) is 35.6 Å². The molecule has 2 aromatic rings. The molecule has 2 aliphatic carbocycles. The molecule has 4 rings (SSSR count). The van der Waals surface area contributed by atoms with Gasteiger partial charge in [-0.1, -0.05) is 25.3 Å². The van der Waals surface area contributed by atoms with E-state index in [9.17, 15) is 9.59 Å². The standard InChI is InChI=1S/C21H27N5O2/c1-22-20(28)12-24-19(27)10-8-15-7-9-16-21(15)26-13-17(25-18(26)11-23-16)14-5-3-2-4-6-14/h7,11,13-14H,2-6,8-10,12H2,1H3,(H,22,28)(H,24,27). The van der Waals surface area contributed by atoms with E-state index in [1.54, 1.807) is 7.05 Å². The fourth-order valence-electron chi connectivity index (χ4n) is 4.24. The molecule has 0 aliphatic heterocycles. The average molecular weight is 381 g/mol. The first-order valence-electron chi connectivity index (χ1n) is 10.2. The minimum absolute atomic E-state index is 0.0169. The predicted octanol–water partition coefficient (Wildman–Crippen LogP) is 2.36. The van der Waals surface area contributed by atoms with Gasteiger partial charge in [0.25, 0.3) is 0 Å².